The van der Waals surface area contributed by atoms with E-state index in [1.165, 1.54) is 0 Å². The highest BCUT2D eigenvalue weighted by Crippen LogP contribution is 2.31. The van der Waals surface area contributed by atoms with Gasteiger partial charge < -0.3 is 14.4 Å². The van der Waals surface area contributed by atoms with Crippen molar-refractivity contribution in [3.63, 3.8) is 0 Å². The van der Waals surface area contributed by atoms with E-state index in [2.05, 4.69) is 14.9 Å². The average Bonchev–Trinajstić information content (AvgIpc) is 3.17. The molecule has 4 rings (SSSR count). The van der Waals surface area contributed by atoms with E-state index in [9.17, 15) is 5.11 Å². The summed E-state index contributed by atoms with van der Waals surface area (Å²) in [5.74, 6) is 0.691. The standard InChI is InChI=1S/C18H18N4O2/c23-15-3-8-22(9-4-15)18-20-11-16(13-1-6-19-7-2-13)17(21-18)14-5-10-24-12-14/h1-2,5-7,10-12,15,23H,3-4,8-9H2. The summed E-state index contributed by atoms with van der Waals surface area (Å²) in [5.41, 5.74) is 3.72. The highest BCUT2D eigenvalue weighted by molar-refractivity contribution is 5.80. The predicted octanol–water partition coefficient (Wildman–Crippen LogP) is 2.76. The quantitative estimate of drug-likeness (QED) is 0.799. The molecule has 0 radical (unpaired) electrons. The molecular weight excluding hydrogens is 304 g/mol. The third-order valence-corrected chi connectivity index (χ3v) is 4.31. The summed E-state index contributed by atoms with van der Waals surface area (Å²) >= 11 is 0. The van der Waals surface area contributed by atoms with E-state index in [0.29, 0.717) is 5.95 Å². The van der Waals surface area contributed by atoms with E-state index in [-0.39, 0.29) is 6.10 Å². The first kappa shape index (κ1) is 14.8. The van der Waals surface area contributed by atoms with Crippen LogP contribution in [0.1, 0.15) is 12.8 Å². The number of rotatable bonds is 3. The van der Waals surface area contributed by atoms with Gasteiger partial charge >= 0.3 is 0 Å². The number of pyridine rings is 1. The second kappa shape index (κ2) is 6.41. The van der Waals surface area contributed by atoms with Gasteiger partial charge in [0, 0.05) is 42.8 Å². The third-order valence-electron chi connectivity index (χ3n) is 4.31. The first-order valence-corrected chi connectivity index (χ1v) is 8.04. The second-order valence-corrected chi connectivity index (χ2v) is 5.90. The summed E-state index contributed by atoms with van der Waals surface area (Å²) in [4.78, 5) is 15.5. The maximum absolute atomic E-state index is 9.69. The molecule has 0 aliphatic carbocycles. The topological polar surface area (TPSA) is 75.3 Å². The Morgan fingerprint density at radius 1 is 1.08 bits per heavy atom. The molecule has 1 aliphatic rings. The maximum Gasteiger partial charge on any atom is 0.225 e. The molecule has 0 saturated carbocycles. The van der Waals surface area contributed by atoms with Gasteiger partial charge in [-0.3, -0.25) is 4.98 Å². The molecule has 0 spiro atoms. The van der Waals surface area contributed by atoms with Gasteiger partial charge in [0.05, 0.1) is 24.3 Å². The number of piperidine rings is 1. The van der Waals surface area contributed by atoms with Crippen LogP contribution in [0.3, 0.4) is 0 Å². The Morgan fingerprint density at radius 3 is 2.58 bits per heavy atom. The Balaban J connectivity index is 1.76. The molecule has 0 amide bonds. The minimum atomic E-state index is -0.217. The molecule has 3 aromatic rings. The van der Waals surface area contributed by atoms with Crippen LogP contribution in [0, 0.1) is 0 Å². The van der Waals surface area contributed by atoms with Gasteiger partial charge in [0.25, 0.3) is 0 Å². The van der Waals surface area contributed by atoms with E-state index in [0.717, 1.165) is 48.3 Å². The molecule has 0 bridgehead atoms. The summed E-state index contributed by atoms with van der Waals surface area (Å²) in [5, 5.41) is 9.69. The van der Waals surface area contributed by atoms with E-state index < -0.39 is 0 Å². The number of hydrogen-bond acceptors (Lipinski definition) is 6. The molecule has 1 fully saturated rings. The Hall–Kier alpha value is -2.73. The molecule has 0 unspecified atom stereocenters. The number of aliphatic hydroxyl groups is 1. The normalized spacial score (nSPS) is 15.6. The van der Waals surface area contributed by atoms with Gasteiger partial charge in [-0.15, -0.1) is 0 Å². The molecule has 1 N–H and O–H groups in total. The molecule has 122 valence electrons. The molecule has 6 nitrogen and oxygen atoms in total. The van der Waals surface area contributed by atoms with Crippen LogP contribution in [0.5, 0.6) is 0 Å². The van der Waals surface area contributed by atoms with Gasteiger partial charge in [-0.2, -0.15) is 0 Å². The lowest BCUT2D eigenvalue weighted by atomic mass is 10.0. The van der Waals surface area contributed by atoms with Crippen molar-refractivity contribution in [1.82, 2.24) is 15.0 Å². The fraction of sp³-hybridized carbons (Fsp3) is 0.278. The molecular formula is C18H18N4O2. The number of aromatic nitrogens is 3. The minimum absolute atomic E-state index is 0.217. The fourth-order valence-corrected chi connectivity index (χ4v) is 2.95. The average molecular weight is 322 g/mol. The van der Waals surface area contributed by atoms with Crippen LogP contribution in [-0.2, 0) is 0 Å². The molecule has 6 heteroatoms. The number of aliphatic hydroxyl groups excluding tert-OH is 1. The predicted molar refractivity (Wildman–Crippen MR) is 90.4 cm³/mol. The van der Waals surface area contributed by atoms with E-state index in [1.54, 1.807) is 24.9 Å². The number of furan rings is 1. The Morgan fingerprint density at radius 2 is 1.88 bits per heavy atom. The number of anilines is 1. The van der Waals surface area contributed by atoms with Crippen LogP contribution in [0.4, 0.5) is 5.95 Å². The summed E-state index contributed by atoms with van der Waals surface area (Å²) in [6.07, 6.45) is 9.98. The van der Waals surface area contributed by atoms with E-state index >= 15 is 0 Å². The van der Waals surface area contributed by atoms with Gasteiger partial charge in [0.2, 0.25) is 5.95 Å². The summed E-state index contributed by atoms with van der Waals surface area (Å²) < 4.78 is 5.24. The van der Waals surface area contributed by atoms with E-state index in [4.69, 9.17) is 9.40 Å². The highest BCUT2D eigenvalue weighted by Gasteiger charge is 2.21. The van der Waals surface area contributed by atoms with Gasteiger partial charge in [-0.1, -0.05) is 0 Å². The number of nitrogens with zero attached hydrogens (tertiary/aromatic N) is 4. The van der Waals surface area contributed by atoms with Gasteiger partial charge in [0.15, 0.2) is 0 Å². The van der Waals surface area contributed by atoms with Crippen molar-refractivity contribution < 1.29 is 9.52 Å². The molecule has 0 atom stereocenters. The van der Waals surface area contributed by atoms with E-state index in [1.807, 2.05) is 24.4 Å². The molecule has 3 aromatic heterocycles. The lowest BCUT2D eigenvalue weighted by molar-refractivity contribution is 0.145. The van der Waals surface area contributed by atoms with Gasteiger partial charge in [0.1, 0.15) is 0 Å². The van der Waals surface area contributed by atoms with Crippen LogP contribution >= 0.6 is 0 Å². The van der Waals surface area contributed by atoms with Crippen molar-refractivity contribution >= 4 is 5.95 Å². The molecule has 1 aliphatic heterocycles. The molecule has 1 saturated heterocycles. The van der Waals surface area contributed by atoms with Crippen LogP contribution in [0.15, 0.2) is 53.7 Å². The SMILES string of the molecule is OC1CCN(c2ncc(-c3ccncc3)c(-c3ccoc3)n2)CC1. The molecule has 4 heterocycles. The van der Waals surface area contributed by atoms with Crippen LogP contribution in [0.2, 0.25) is 0 Å². The first-order chi connectivity index (χ1) is 11.8. The third kappa shape index (κ3) is 2.88. The monoisotopic (exact) mass is 322 g/mol. The second-order valence-electron chi connectivity index (χ2n) is 5.90. The fourth-order valence-electron chi connectivity index (χ4n) is 2.95. The summed E-state index contributed by atoms with van der Waals surface area (Å²) in [7, 11) is 0. The van der Waals surface area contributed by atoms with Gasteiger partial charge in [-0.25, -0.2) is 9.97 Å². The van der Waals surface area contributed by atoms with Crippen molar-refractivity contribution in [3.8, 4) is 22.4 Å². The Bertz CT molecular complexity index is 797. The zero-order valence-electron chi connectivity index (χ0n) is 13.2. The smallest absolute Gasteiger partial charge is 0.225 e. The van der Waals surface area contributed by atoms with Crippen molar-refractivity contribution in [3.05, 3.63) is 49.3 Å². The zero-order valence-corrected chi connectivity index (χ0v) is 13.2. The zero-order chi connectivity index (χ0) is 16.4. The van der Waals surface area contributed by atoms with Crippen LogP contribution in [-0.4, -0.2) is 39.3 Å². The Labute approximate surface area is 139 Å². The highest BCUT2D eigenvalue weighted by atomic mass is 16.3. The minimum Gasteiger partial charge on any atom is -0.472 e. The first-order valence-electron chi connectivity index (χ1n) is 8.04. The maximum atomic E-state index is 9.69. The van der Waals surface area contributed by atoms with Crippen molar-refractivity contribution in [2.45, 2.75) is 18.9 Å². The lowest BCUT2D eigenvalue weighted by Gasteiger charge is -2.29. The van der Waals surface area contributed by atoms with Crippen LogP contribution < -0.4 is 4.90 Å². The number of hydrogen-bond donors (Lipinski definition) is 1. The largest absolute Gasteiger partial charge is 0.472 e. The molecule has 0 aromatic carbocycles. The van der Waals surface area contributed by atoms with Crippen molar-refractivity contribution in [2.75, 3.05) is 18.0 Å². The van der Waals surface area contributed by atoms with Crippen molar-refractivity contribution in [2.24, 2.45) is 0 Å². The van der Waals surface area contributed by atoms with Crippen LogP contribution in [0.25, 0.3) is 22.4 Å². The van der Waals surface area contributed by atoms with Crippen molar-refractivity contribution in [1.29, 1.82) is 0 Å². The summed E-state index contributed by atoms with van der Waals surface area (Å²) in [6, 6.07) is 5.79. The Kier molecular flexibility index (Phi) is 3.96. The van der Waals surface area contributed by atoms with Gasteiger partial charge in [-0.05, 0) is 36.6 Å². The molecule has 24 heavy (non-hydrogen) atoms. The lowest BCUT2D eigenvalue weighted by Crippen LogP contribution is -2.36. The summed E-state index contributed by atoms with van der Waals surface area (Å²) in [6.45, 7) is 1.53.